The molecule has 1 aliphatic heterocycles. The summed E-state index contributed by atoms with van der Waals surface area (Å²) in [5.74, 6) is 0.0919. The summed E-state index contributed by atoms with van der Waals surface area (Å²) in [5, 5.41) is 8.05. The number of halogens is 1. The summed E-state index contributed by atoms with van der Waals surface area (Å²) in [5.41, 5.74) is 1.86. The predicted octanol–water partition coefficient (Wildman–Crippen LogP) is 3.93. The number of benzene rings is 2. The van der Waals surface area contributed by atoms with Gasteiger partial charge in [-0.2, -0.15) is 9.40 Å². The van der Waals surface area contributed by atoms with Crippen LogP contribution in [-0.4, -0.2) is 41.5 Å². The fourth-order valence-corrected chi connectivity index (χ4v) is 5.53. The van der Waals surface area contributed by atoms with E-state index in [9.17, 15) is 13.2 Å². The summed E-state index contributed by atoms with van der Waals surface area (Å²) < 4.78 is 28.8. The van der Waals surface area contributed by atoms with Crippen LogP contribution in [0.1, 0.15) is 24.1 Å². The fourth-order valence-electron chi connectivity index (χ4n) is 3.85. The zero-order valence-electron chi connectivity index (χ0n) is 17.7. The number of nitrogens with zero attached hydrogens (tertiary/aromatic N) is 3. The maximum Gasteiger partial charge on any atom is 0.243 e. The number of sulfonamides is 1. The van der Waals surface area contributed by atoms with Crippen molar-refractivity contribution in [2.45, 2.75) is 31.2 Å². The smallest absolute Gasteiger partial charge is 0.243 e. The van der Waals surface area contributed by atoms with E-state index in [1.807, 2.05) is 37.3 Å². The Bertz CT molecular complexity index is 1200. The monoisotopic (exact) mass is 472 g/mol. The second-order valence-corrected chi connectivity index (χ2v) is 10.2. The third-order valence-corrected chi connectivity index (χ3v) is 8.00. The first-order valence-electron chi connectivity index (χ1n) is 10.5. The van der Waals surface area contributed by atoms with Crippen LogP contribution < -0.4 is 5.32 Å². The summed E-state index contributed by atoms with van der Waals surface area (Å²) in [6.07, 6.45) is 0.939. The van der Waals surface area contributed by atoms with E-state index in [1.165, 1.54) is 4.31 Å². The molecule has 1 saturated heterocycles. The second-order valence-electron chi connectivity index (χ2n) is 7.90. The van der Waals surface area contributed by atoms with Gasteiger partial charge >= 0.3 is 0 Å². The highest BCUT2D eigenvalue weighted by Gasteiger charge is 2.32. The molecule has 9 heteroatoms. The molecule has 0 saturated carbocycles. The SMILES string of the molecule is Cc1cc(NC(=O)C2CCN(S(=O)(=O)c3ccccc3)CC2)nn1Cc1ccccc1Cl. The van der Waals surface area contributed by atoms with Crippen molar-refractivity contribution in [3.05, 3.63) is 76.9 Å². The first-order chi connectivity index (χ1) is 15.3. The highest BCUT2D eigenvalue weighted by molar-refractivity contribution is 7.89. The van der Waals surface area contributed by atoms with Gasteiger partial charge in [0.15, 0.2) is 5.82 Å². The fraction of sp³-hybridized carbons (Fsp3) is 0.304. The normalized spacial score (nSPS) is 15.6. The van der Waals surface area contributed by atoms with Crippen molar-refractivity contribution in [2.75, 3.05) is 18.4 Å². The van der Waals surface area contributed by atoms with Crippen LogP contribution in [0.25, 0.3) is 0 Å². The molecular formula is C23H25ClN4O3S. The Morgan fingerprint density at radius 2 is 1.75 bits per heavy atom. The number of anilines is 1. The summed E-state index contributed by atoms with van der Waals surface area (Å²) in [7, 11) is -3.53. The molecule has 3 aromatic rings. The van der Waals surface area contributed by atoms with Crippen molar-refractivity contribution in [1.82, 2.24) is 14.1 Å². The number of piperidine rings is 1. The standard InChI is InChI=1S/C23H25ClN4O3S/c1-17-15-22(26-28(17)16-19-7-5-6-10-21(19)24)25-23(29)18-11-13-27(14-12-18)32(30,31)20-8-3-2-4-9-20/h2-10,15,18H,11-14,16H2,1H3,(H,25,26,29). The van der Waals surface area contributed by atoms with E-state index >= 15 is 0 Å². The number of hydrogen-bond acceptors (Lipinski definition) is 4. The Kier molecular flexibility index (Phi) is 6.64. The van der Waals surface area contributed by atoms with Crippen molar-refractivity contribution in [3.63, 3.8) is 0 Å². The first-order valence-corrected chi connectivity index (χ1v) is 12.3. The molecule has 0 unspecified atom stereocenters. The lowest BCUT2D eigenvalue weighted by atomic mass is 9.97. The molecule has 2 heterocycles. The number of carbonyl (C=O) groups is 1. The van der Waals surface area contributed by atoms with E-state index in [2.05, 4.69) is 10.4 Å². The Balaban J connectivity index is 1.36. The summed E-state index contributed by atoms with van der Waals surface area (Å²) in [4.78, 5) is 13.1. The third-order valence-electron chi connectivity index (χ3n) is 5.72. The average molecular weight is 473 g/mol. The summed E-state index contributed by atoms with van der Waals surface area (Å²) in [6.45, 7) is 3.06. The third kappa shape index (κ3) is 4.87. The molecule has 1 aromatic heterocycles. The number of aromatic nitrogens is 2. The number of amides is 1. The topological polar surface area (TPSA) is 84.3 Å². The van der Waals surface area contributed by atoms with Gasteiger partial charge in [0.05, 0.1) is 11.4 Å². The zero-order chi connectivity index (χ0) is 22.7. The molecule has 168 valence electrons. The molecule has 0 radical (unpaired) electrons. The van der Waals surface area contributed by atoms with Crippen molar-refractivity contribution in [3.8, 4) is 0 Å². The van der Waals surface area contributed by atoms with Gasteiger partial charge in [-0.15, -0.1) is 0 Å². The lowest BCUT2D eigenvalue weighted by Crippen LogP contribution is -2.41. The maximum atomic E-state index is 12.8. The number of hydrogen-bond donors (Lipinski definition) is 1. The number of rotatable bonds is 6. The zero-order valence-corrected chi connectivity index (χ0v) is 19.3. The van der Waals surface area contributed by atoms with Crippen LogP contribution in [-0.2, 0) is 21.4 Å². The molecule has 0 spiro atoms. The largest absolute Gasteiger partial charge is 0.309 e. The van der Waals surface area contributed by atoms with E-state index in [0.29, 0.717) is 43.3 Å². The van der Waals surface area contributed by atoms with Gasteiger partial charge in [-0.1, -0.05) is 48.0 Å². The van der Waals surface area contributed by atoms with Gasteiger partial charge < -0.3 is 5.32 Å². The van der Waals surface area contributed by atoms with Gasteiger partial charge in [0, 0.05) is 35.8 Å². The molecule has 1 fully saturated rings. The van der Waals surface area contributed by atoms with E-state index < -0.39 is 10.0 Å². The van der Waals surface area contributed by atoms with Crippen molar-refractivity contribution in [2.24, 2.45) is 5.92 Å². The Morgan fingerprint density at radius 1 is 1.09 bits per heavy atom. The summed E-state index contributed by atoms with van der Waals surface area (Å²) >= 11 is 6.24. The quantitative estimate of drug-likeness (QED) is 0.589. The minimum Gasteiger partial charge on any atom is -0.309 e. The van der Waals surface area contributed by atoms with Crippen LogP contribution in [0.15, 0.2) is 65.6 Å². The van der Waals surface area contributed by atoms with Gasteiger partial charge in [-0.25, -0.2) is 8.42 Å². The summed E-state index contributed by atoms with van der Waals surface area (Å²) in [6, 6.07) is 17.8. The Labute approximate surface area is 193 Å². The minimum absolute atomic E-state index is 0.135. The van der Waals surface area contributed by atoms with Crippen LogP contribution in [0.4, 0.5) is 5.82 Å². The van der Waals surface area contributed by atoms with E-state index in [1.54, 1.807) is 35.0 Å². The molecular weight excluding hydrogens is 448 g/mol. The molecule has 0 aliphatic carbocycles. The molecule has 4 rings (SSSR count). The molecule has 1 N–H and O–H groups in total. The van der Waals surface area contributed by atoms with Gasteiger partial charge in [-0.3, -0.25) is 9.48 Å². The van der Waals surface area contributed by atoms with Crippen molar-refractivity contribution >= 4 is 33.3 Å². The second kappa shape index (κ2) is 9.44. The lowest BCUT2D eigenvalue weighted by Gasteiger charge is -2.30. The minimum atomic E-state index is -3.53. The molecule has 2 aromatic carbocycles. The van der Waals surface area contributed by atoms with Crippen LogP contribution >= 0.6 is 11.6 Å². The number of nitrogens with one attached hydrogen (secondary N) is 1. The van der Waals surface area contributed by atoms with Crippen LogP contribution in [0.3, 0.4) is 0 Å². The van der Waals surface area contributed by atoms with Crippen molar-refractivity contribution < 1.29 is 13.2 Å². The van der Waals surface area contributed by atoms with Crippen LogP contribution in [0, 0.1) is 12.8 Å². The number of aryl methyl sites for hydroxylation is 1. The van der Waals surface area contributed by atoms with Gasteiger partial charge in [-0.05, 0) is 43.5 Å². The molecule has 0 bridgehead atoms. The predicted molar refractivity (Wildman–Crippen MR) is 124 cm³/mol. The molecule has 0 atom stereocenters. The Hall–Kier alpha value is -2.68. The van der Waals surface area contributed by atoms with Gasteiger partial charge in [0.25, 0.3) is 0 Å². The Morgan fingerprint density at radius 3 is 2.44 bits per heavy atom. The highest BCUT2D eigenvalue weighted by atomic mass is 35.5. The van der Waals surface area contributed by atoms with Crippen LogP contribution in [0.2, 0.25) is 5.02 Å². The van der Waals surface area contributed by atoms with E-state index in [4.69, 9.17) is 11.6 Å². The highest BCUT2D eigenvalue weighted by Crippen LogP contribution is 2.25. The molecule has 32 heavy (non-hydrogen) atoms. The lowest BCUT2D eigenvalue weighted by molar-refractivity contribution is -0.120. The molecule has 1 aliphatic rings. The molecule has 1 amide bonds. The van der Waals surface area contributed by atoms with Crippen LogP contribution in [0.5, 0.6) is 0 Å². The van der Waals surface area contributed by atoms with E-state index in [0.717, 1.165) is 11.3 Å². The molecule has 7 nitrogen and oxygen atoms in total. The van der Waals surface area contributed by atoms with Gasteiger partial charge in [0.2, 0.25) is 15.9 Å². The van der Waals surface area contributed by atoms with Crippen molar-refractivity contribution in [1.29, 1.82) is 0 Å². The number of carbonyl (C=O) groups excluding carboxylic acids is 1. The average Bonchev–Trinajstić information content (AvgIpc) is 3.14. The van der Waals surface area contributed by atoms with Gasteiger partial charge in [0.1, 0.15) is 0 Å². The maximum absolute atomic E-state index is 12.8. The first kappa shape index (κ1) is 22.5. The van der Waals surface area contributed by atoms with E-state index in [-0.39, 0.29) is 16.7 Å².